The van der Waals surface area contributed by atoms with Gasteiger partial charge < -0.3 is 9.79 Å². The lowest BCUT2D eigenvalue weighted by Crippen LogP contribution is -1.90. The van der Waals surface area contributed by atoms with Gasteiger partial charge in [0.2, 0.25) is 0 Å². The van der Waals surface area contributed by atoms with Crippen LogP contribution in [0.1, 0.15) is 5.56 Å². The first-order chi connectivity index (χ1) is 5.49. The number of hydrogen-bond acceptors (Lipinski definition) is 1. The highest BCUT2D eigenvalue weighted by atomic mass is 31.2. The molecule has 1 aromatic rings. The van der Waals surface area contributed by atoms with E-state index in [1.807, 2.05) is 0 Å². The van der Waals surface area contributed by atoms with Crippen LogP contribution in [0, 0.1) is 5.82 Å². The van der Waals surface area contributed by atoms with Gasteiger partial charge in [0.1, 0.15) is 5.82 Å². The van der Waals surface area contributed by atoms with Gasteiger partial charge in [-0.2, -0.15) is 0 Å². The van der Waals surface area contributed by atoms with Gasteiger partial charge in [0.15, 0.2) is 0 Å². The van der Waals surface area contributed by atoms with Crippen LogP contribution in [0.25, 0.3) is 0 Å². The minimum atomic E-state index is -4.15. The molecule has 0 atom stereocenters. The van der Waals surface area contributed by atoms with E-state index in [0.717, 1.165) is 0 Å². The molecular formula is C7H8FO3P. The molecule has 0 aromatic heterocycles. The first kappa shape index (κ1) is 9.39. The van der Waals surface area contributed by atoms with Crippen LogP contribution in [0.2, 0.25) is 0 Å². The molecule has 0 bridgehead atoms. The molecule has 0 aliphatic carbocycles. The summed E-state index contributed by atoms with van der Waals surface area (Å²) in [5, 5.41) is 0. The van der Waals surface area contributed by atoms with Crippen molar-refractivity contribution in [1.82, 2.24) is 0 Å². The predicted octanol–water partition coefficient (Wildman–Crippen LogP) is 1.50. The largest absolute Gasteiger partial charge is 0.330 e. The van der Waals surface area contributed by atoms with Gasteiger partial charge in [0.05, 0.1) is 6.16 Å². The van der Waals surface area contributed by atoms with E-state index in [9.17, 15) is 8.96 Å². The normalized spacial score (nSPS) is 11.6. The first-order valence-corrected chi connectivity index (χ1v) is 5.07. The van der Waals surface area contributed by atoms with Crippen molar-refractivity contribution < 1.29 is 18.7 Å². The maximum Gasteiger partial charge on any atom is 0.330 e. The van der Waals surface area contributed by atoms with E-state index in [1.165, 1.54) is 24.3 Å². The minimum Gasteiger partial charge on any atom is -0.324 e. The van der Waals surface area contributed by atoms with Crippen molar-refractivity contribution >= 4 is 7.60 Å². The van der Waals surface area contributed by atoms with Gasteiger partial charge in [-0.15, -0.1) is 0 Å². The molecule has 0 unspecified atom stereocenters. The zero-order valence-electron chi connectivity index (χ0n) is 6.14. The van der Waals surface area contributed by atoms with E-state index in [4.69, 9.17) is 9.79 Å². The number of halogens is 1. The standard InChI is InChI=1S/C7H8FO3P/c8-7-4-2-1-3-6(7)5-12(9,10)11/h1-4H,5H2,(H2,9,10,11). The van der Waals surface area contributed by atoms with E-state index < -0.39 is 19.6 Å². The SMILES string of the molecule is O=P(O)(O)Cc1ccccc1F. The van der Waals surface area contributed by atoms with E-state index in [-0.39, 0.29) is 5.56 Å². The topological polar surface area (TPSA) is 57.5 Å². The maximum atomic E-state index is 12.8. The van der Waals surface area contributed by atoms with Gasteiger partial charge in [-0.25, -0.2) is 4.39 Å². The van der Waals surface area contributed by atoms with E-state index in [1.54, 1.807) is 0 Å². The van der Waals surface area contributed by atoms with Crippen LogP contribution in [0.15, 0.2) is 24.3 Å². The molecule has 66 valence electrons. The van der Waals surface area contributed by atoms with Crippen molar-refractivity contribution in [2.45, 2.75) is 6.16 Å². The van der Waals surface area contributed by atoms with Crippen molar-refractivity contribution in [2.75, 3.05) is 0 Å². The molecule has 1 aromatic carbocycles. The summed E-state index contributed by atoms with van der Waals surface area (Å²) >= 11 is 0. The third kappa shape index (κ3) is 2.74. The van der Waals surface area contributed by atoms with Gasteiger partial charge in [-0.1, -0.05) is 18.2 Å². The molecule has 5 heteroatoms. The Bertz CT molecular complexity index is 320. The first-order valence-electron chi connectivity index (χ1n) is 3.27. The number of benzene rings is 1. The Morgan fingerprint density at radius 1 is 1.33 bits per heavy atom. The lowest BCUT2D eigenvalue weighted by atomic mass is 10.2. The summed E-state index contributed by atoms with van der Waals surface area (Å²) in [6, 6.07) is 5.53. The molecule has 0 fully saturated rings. The summed E-state index contributed by atoms with van der Waals surface area (Å²) in [6.45, 7) is 0. The quantitative estimate of drug-likeness (QED) is 0.695. The molecule has 3 nitrogen and oxygen atoms in total. The second-order valence-electron chi connectivity index (χ2n) is 2.41. The monoisotopic (exact) mass is 190 g/mol. The fraction of sp³-hybridized carbons (Fsp3) is 0.143. The van der Waals surface area contributed by atoms with E-state index in [2.05, 4.69) is 0 Å². The fourth-order valence-corrected chi connectivity index (χ4v) is 1.55. The lowest BCUT2D eigenvalue weighted by Gasteiger charge is -2.03. The maximum absolute atomic E-state index is 12.8. The van der Waals surface area contributed by atoms with Crippen molar-refractivity contribution in [3.05, 3.63) is 35.6 Å². The Labute approximate surface area is 69.0 Å². The highest BCUT2D eigenvalue weighted by Gasteiger charge is 2.15. The van der Waals surface area contributed by atoms with Gasteiger partial charge in [0, 0.05) is 0 Å². The highest BCUT2D eigenvalue weighted by Crippen LogP contribution is 2.39. The van der Waals surface area contributed by atoms with Crippen LogP contribution in [-0.2, 0) is 10.7 Å². The summed E-state index contributed by atoms with van der Waals surface area (Å²) in [5.41, 5.74) is 0.0471. The summed E-state index contributed by atoms with van der Waals surface area (Å²) in [6.07, 6.45) is -0.542. The van der Waals surface area contributed by atoms with Gasteiger partial charge in [-0.05, 0) is 11.6 Å². The molecule has 12 heavy (non-hydrogen) atoms. The zero-order valence-corrected chi connectivity index (χ0v) is 7.04. The second kappa shape index (κ2) is 3.35. The van der Waals surface area contributed by atoms with Crippen molar-refractivity contribution in [1.29, 1.82) is 0 Å². The Hall–Kier alpha value is -0.700. The molecule has 0 spiro atoms. The Morgan fingerprint density at radius 2 is 1.92 bits per heavy atom. The van der Waals surface area contributed by atoms with Crippen molar-refractivity contribution in [2.24, 2.45) is 0 Å². The highest BCUT2D eigenvalue weighted by molar-refractivity contribution is 7.50. The lowest BCUT2D eigenvalue weighted by molar-refractivity contribution is 0.370. The van der Waals surface area contributed by atoms with Crippen molar-refractivity contribution in [3.8, 4) is 0 Å². The molecule has 0 saturated heterocycles. The average Bonchev–Trinajstić information content (AvgIpc) is 1.91. The molecule has 0 radical (unpaired) electrons. The summed E-state index contributed by atoms with van der Waals surface area (Å²) in [5.74, 6) is -0.583. The van der Waals surface area contributed by atoms with Crippen molar-refractivity contribution in [3.63, 3.8) is 0 Å². The second-order valence-corrected chi connectivity index (χ2v) is 4.06. The van der Waals surface area contributed by atoms with Crippen LogP contribution in [0.3, 0.4) is 0 Å². The van der Waals surface area contributed by atoms with Gasteiger partial charge in [-0.3, -0.25) is 4.57 Å². The average molecular weight is 190 g/mol. The van der Waals surface area contributed by atoms with Crippen LogP contribution >= 0.6 is 7.60 Å². The van der Waals surface area contributed by atoms with Crippen LogP contribution in [-0.4, -0.2) is 9.79 Å². The predicted molar refractivity (Wildman–Crippen MR) is 42.1 cm³/mol. The Kier molecular flexibility index (Phi) is 2.62. The van der Waals surface area contributed by atoms with E-state index in [0.29, 0.717) is 0 Å². The van der Waals surface area contributed by atoms with E-state index >= 15 is 0 Å². The molecule has 0 amide bonds. The molecule has 0 aliphatic heterocycles. The molecule has 1 rings (SSSR count). The fourth-order valence-electron chi connectivity index (χ4n) is 0.849. The molecule has 2 N–H and O–H groups in total. The summed E-state index contributed by atoms with van der Waals surface area (Å²) < 4.78 is 23.3. The molecular weight excluding hydrogens is 182 g/mol. The van der Waals surface area contributed by atoms with Crippen LogP contribution < -0.4 is 0 Å². The molecule has 0 saturated carbocycles. The summed E-state index contributed by atoms with van der Waals surface area (Å²) in [4.78, 5) is 17.1. The van der Waals surface area contributed by atoms with Crippen LogP contribution in [0.5, 0.6) is 0 Å². The van der Waals surface area contributed by atoms with Crippen LogP contribution in [0.4, 0.5) is 4.39 Å². The Balaban J connectivity index is 2.90. The molecule has 0 aliphatic rings. The Morgan fingerprint density at radius 3 is 2.42 bits per heavy atom. The third-order valence-corrected chi connectivity index (χ3v) is 2.09. The smallest absolute Gasteiger partial charge is 0.324 e. The third-order valence-electron chi connectivity index (χ3n) is 1.33. The van der Waals surface area contributed by atoms with Gasteiger partial charge in [0.25, 0.3) is 0 Å². The number of hydrogen-bond donors (Lipinski definition) is 2. The van der Waals surface area contributed by atoms with Gasteiger partial charge >= 0.3 is 7.60 Å². The minimum absolute atomic E-state index is 0.0471. The number of rotatable bonds is 2. The molecule has 0 heterocycles. The zero-order chi connectivity index (χ0) is 9.19. The summed E-state index contributed by atoms with van der Waals surface area (Å²) in [7, 11) is -4.15.